The smallest absolute Gasteiger partial charge is 0.259 e. The van der Waals surface area contributed by atoms with Gasteiger partial charge in [0.15, 0.2) is 0 Å². The number of hydrogen-bond acceptors (Lipinski definition) is 5. The van der Waals surface area contributed by atoms with Crippen LogP contribution in [0.25, 0.3) is 10.8 Å². The number of fused-ring (bicyclic) bond motifs is 1. The van der Waals surface area contributed by atoms with Gasteiger partial charge in [0.25, 0.3) is 5.91 Å². The van der Waals surface area contributed by atoms with Gasteiger partial charge in [-0.05, 0) is 47.2 Å². The molecule has 0 bridgehead atoms. The second kappa shape index (κ2) is 9.41. The van der Waals surface area contributed by atoms with Gasteiger partial charge in [-0.3, -0.25) is 4.79 Å². The largest absolute Gasteiger partial charge is 0.508 e. The summed E-state index contributed by atoms with van der Waals surface area (Å²) in [5, 5.41) is 27.4. The monoisotopic (exact) mass is 394 g/mol. The molecule has 152 valence electrons. The van der Waals surface area contributed by atoms with Gasteiger partial charge >= 0.3 is 0 Å². The molecule has 0 heterocycles. The number of phenolic OH excluding ortho intramolecular Hbond substituents is 1. The minimum atomic E-state index is -0.697. The summed E-state index contributed by atoms with van der Waals surface area (Å²) >= 11 is 0. The van der Waals surface area contributed by atoms with Crippen LogP contribution in [0.1, 0.15) is 24.2 Å². The summed E-state index contributed by atoms with van der Waals surface area (Å²) in [6.07, 6.45) is -0.697. The van der Waals surface area contributed by atoms with E-state index < -0.39 is 6.10 Å². The second-order valence-corrected chi connectivity index (χ2v) is 7.22. The highest BCUT2D eigenvalue weighted by Gasteiger charge is 2.16. The Hall–Kier alpha value is -3.09. The molecule has 0 aliphatic carbocycles. The molecule has 1 unspecified atom stereocenters. The minimum absolute atomic E-state index is 0.0670. The van der Waals surface area contributed by atoms with Crippen LogP contribution in [0.15, 0.2) is 60.7 Å². The van der Waals surface area contributed by atoms with E-state index in [1.54, 1.807) is 18.2 Å². The van der Waals surface area contributed by atoms with Gasteiger partial charge in [0.1, 0.15) is 24.2 Å². The Balaban J connectivity index is 1.82. The molecule has 1 amide bonds. The summed E-state index contributed by atoms with van der Waals surface area (Å²) in [5.74, 6) is 0.205. The van der Waals surface area contributed by atoms with Gasteiger partial charge in [-0.1, -0.05) is 38.1 Å². The molecular formula is C23H26N2O4. The molecule has 3 rings (SSSR count). The number of ether oxygens (including phenoxy) is 1. The Labute approximate surface area is 170 Å². The SMILES string of the molecule is CC(C)NCC(O)COc1cc2ccccc2cc1C(=O)Nc1ccc(O)cc1. The van der Waals surface area contributed by atoms with Crippen molar-refractivity contribution in [3.63, 3.8) is 0 Å². The zero-order chi connectivity index (χ0) is 20.8. The molecule has 0 radical (unpaired) electrons. The van der Waals surface area contributed by atoms with Crippen molar-refractivity contribution in [1.29, 1.82) is 0 Å². The van der Waals surface area contributed by atoms with E-state index in [4.69, 9.17) is 4.74 Å². The highest BCUT2D eigenvalue weighted by atomic mass is 16.5. The fourth-order valence-electron chi connectivity index (χ4n) is 2.88. The average molecular weight is 394 g/mol. The molecule has 0 aliphatic rings. The highest BCUT2D eigenvalue weighted by Crippen LogP contribution is 2.27. The first-order valence-electron chi connectivity index (χ1n) is 9.60. The van der Waals surface area contributed by atoms with Gasteiger partial charge in [-0.15, -0.1) is 0 Å². The topological polar surface area (TPSA) is 90.8 Å². The van der Waals surface area contributed by atoms with E-state index in [9.17, 15) is 15.0 Å². The normalized spacial score (nSPS) is 12.1. The number of carbonyl (C=O) groups excluding carboxylic acids is 1. The molecule has 4 N–H and O–H groups in total. The molecule has 0 aliphatic heterocycles. The lowest BCUT2D eigenvalue weighted by Gasteiger charge is -2.17. The summed E-state index contributed by atoms with van der Waals surface area (Å²) in [6.45, 7) is 4.48. The van der Waals surface area contributed by atoms with E-state index in [1.807, 2.05) is 44.2 Å². The predicted octanol–water partition coefficient (Wildman–Crippen LogP) is 3.54. The quantitative estimate of drug-likeness (QED) is 0.439. The van der Waals surface area contributed by atoms with Crippen molar-refractivity contribution in [1.82, 2.24) is 5.32 Å². The van der Waals surface area contributed by atoms with Gasteiger partial charge in [0, 0.05) is 18.3 Å². The van der Waals surface area contributed by atoms with Crippen molar-refractivity contribution in [3.05, 3.63) is 66.2 Å². The molecule has 1 atom stereocenters. The fourth-order valence-corrected chi connectivity index (χ4v) is 2.88. The van der Waals surface area contributed by atoms with Crippen LogP contribution in [0.5, 0.6) is 11.5 Å². The highest BCUT2D eigenvalue weighted by molar-refractivity contribution is 6.08. The third-order valence-electron chi connectivity index (χ3n) is 4.41. The van der Waals surface area contributed by atoms with E-state index >= 15 is 0 Å². The van der Waals surface area contributed by atoms with Crippen molar-refractivity contribution >= 4 is 22.4 Å². The molecule has 0 aromatic heterocycles. The minimum Gasteiger partial charge on any atom is -0.508 e. The van der Waals surface area contributed by atoms with Gasteiger partial charge in [-0.2, -0.15) is 0 Å². The Morgan fingerprint density at radius 1 is 1.03 bits per heavy atom. The molecule has 0 fully saturated rings. The number of aromatic hydroxyl groups is 1. The molecule has 6 nitrogen and oxygen atoms in total. The van der Waals surface area contributed by atoms with Crippen LogP contribution in [-0.4, -0.2) is 41.4 Å². The van der Waals surface area contributed by atoms with Gasteiger partial charge in [0.2, 0.25) is 0 Å². The predicted molar refractivity (Wildman–Crippen MR) is 115 cm³/mol. The number of benzene rings is 3. The van der Waals surface area contributed by atoms with Gasteiger partial charge in [0.05, 0.1) is 5.56 Å². The van der Waals surface area contributed by atoms with Crippen LogP contribution in [0.4, 0.5) is 5.69 Å². The molecule has 3 aromatic carbocycles. The Morgan fingerprint density at radius 2 is 1.69 bits per heavy atom. The number of aliphatic hydroxyl groups excluding tert-OH is 1. The van der Waals surface area contributed by atoms with Crippen LogP contribution >= 0.6 is 0 Å². The lowest BCUT2D eigenvalue weighted by atomic mass is 10.1. The standard InChI is InChI=1S/C23H26N2O4/c1-15(2)24-13-20(27)14-29-22-12-17-6-4-3-5-16(17)11-21(22)23(28)25-18-7-9-19(26)10-8-18/h3-12,15,20,24,26-27H,13-14H2,1-2H3,(H,25,28). The zero-order valence-corrected chi connectivity index (χ0v) is 16.6. The average Bonchev–Trinajstić information content (AvgIpc) is 2.71. The molecule has 0 saturated carbocycles. The molecule has 6 heteroatoms. The number of rotatable bonds is 8. The molecule has 0 spiro atoms. The number of anilines is 1. The van der Waals surface area contributed by atoms with Crippen molar-refractivity contribution in [2.75, 3.05) is 18.5 Å². The summed E-state index contributed by atoms with van der Waals surface area (Å²) in [6, 6.07) is 17.8. The fraction of sp³-hybridized carbons (Fsp3) is 0.261. The van der Waals surface area contributed by atoms with Crippen LogP contribution in [0, 0.1) is 0 Å². The first kappa shape index (κ1) is 20.6. The Bertz CT molecular complexity index is 970. The number of aliphatic hydroxyl groups is 1. The lowest BCUT2D eigenvalue weighted by Crippen LogP contribution is -2.35. The van der Waals surface area contributed by atoms with Crippen molar-refractivity contribution in [2.24, 2.45) is 0 Å². The van der Waals surface area contributed by atoms with E-state index in [-0.39, 0.29) is 24.3 Å². The summed E-state index contributed by atoms with van der Waals surface area (Å²) in [7, 11) is 0. The van der Waals surface area contributed by atoms with E-state index in [0.29, 0.717) is 23.5 Å². The van der Waals surface area contributed by atoms with E-state index in [1.165, 1.54) is 12.1 Å². The summed E-state index contributed by atoms with van der Waals surface area (Å²) < 4.78 is 5.83. The second-order valence-electron chi connectivity index (χ2n) is 7.22. The van der Waals surface area contributed by atoms with Gasteiger partial charge < -0.3 is 25.6 Å². The van der Waals surface area contributed by atoms with Crippen LogP contribution in [0.2, 0.25) is 0 Å². The van der Waals surface area contributed by atoms with E-state index in [2.05, 4.69) is 10.6 Å². The van der Waals surface area contributed by atoms with Gasteiger partial charge in [-0.25, -0.2) is 0 Å². The van der Waals surface area contributed by atoms with Crippen molar-refractivity contribution < 1.29 is 19.7 Å². The first-order chi connectivity index (χ1) is 13.9. The lowest BCUT2D eigenvalue weighted by molar-refractivity contribution is 0.0975. The first-order valence-corrected chi connectivity index (χ1v) is 9.60. The van der Waals surface area contributed by atoms with Crippen LogP contribution in [-0.2, 0) is 0 Å². The molecule has 3 aromatic rings. The number of phenols is 1. The Kier molecular flexibility index (Phi) is 6.69. The third kappa shape index (κ3) is 5.70. The number of amides is 1. The van der Waals surface area contributed by atoms with Crippen molar-refractivity contribution in [3.8, 4) is 11.5 Å². The van der Waals surface area contributed by atoms with Crippen LogP contribution < -0.4 is 15.4 Å². The number of nitrogens with one attached hydrogen (secondary N) is 2. The Morgan fingerprint density at radius 3 is 2.34 bits per heavy atom. The molecule has 29 heavy (non-hydrogen) atoms. The zero-order valence-electron chi connectivity index (χ0n) is 16.6. The maximum atomic E-state index is 12.9. The summed E-state index contributed by atoms with van der Waals surface area (Å²) in [4.78, 5) is 12.9. The summed E-state index contributed by atoms with van der Waals surface area (Å²) in [5.41, 5.74) is 0.939. The molecular weight excluding hydrogens is 368 g/mol. The van der Waals surface area contributed by atoms with Crippen molar-refractivity contribution in [2.45, 2.75) is 26.0 Å². The molecule has 0 saturated heterocycles. The maximum Gasteiger partial charge on any atom is 0.259 e. The van der Waals surface area contributed by atoms with E-state index in [0.717, 1.165) is 10.8 Å². The van der Waals surface area contributed by atoms with Crippen LogP contribution in [0.3, 0.4) is 0 Å². The number of hydrogen-bond donors (Lipinski definition) is 4. The third-order valence-corrected chi connectivity index (χ3v) is 4.41. The maximum absolute atomic E-state index is 12.9. The number of carbonyl (C=O) groups is 1.